The third-order valence-electron chi connectivity index (χ3n) is 4.50. The molecule has 1 heterocycles. The quantitative estimate of drug-likeness (QED) is 0.537. The van der Waals surface area contributed by atoms with Gasteiger partial charge in [0.1, 0.15) is 0 Å². The number of nitrogens with zero attached hydrogens (tertiary/aromatic N) is 2. The number of rotatable bonds is 8. The monoisotopic (exact) mass is 400 g/mol. The van der Waals surface area contributed by atoms with Crippen LogP contribution in [0.3, 0.4) is 0 Å². The molecule has 1 aromatic heterocycles. The normalized spacial score (nSPS) is 10.7. The molecule has 0 spiro atoms. The second kappa shape index (κ2) is 8.72. The topological polar surface area (TPSA) is 81.0 Å². The minimum atomic E-state index is -0.490. The molecule has 0 bridgehead atoms. The second-order valence-electron chi connectivity index (χ2n) is 6.14. The average molecular weight is 400 g/mol. The maximum absolute atomic E-state index is 12.5. The van der Waals surface area contributed by atoms with Crippen molar-refractivity contribution >= 4 is 16.9 Å². The van der Waals surface area contributed by atoms with Gasteiger partial charge in [0.15, 0.2) is 28.7 Å². The maximum Gasteiger partial charge on any atom is 0.359 e. The Morgan fingerprint density at radius 2 is 1.52 bits per heavy atom. The Balaban J connectivity index is 2.12. The van der Waals surface area contributed by atoms with E-state index in [1.165, 1.54) is 0 Å². The first-order chi connectivity index (χ1) is 14.1. The lowest BCUT2D eigenvalue weighted by atomic mass is 10.1. The summed E-state index contributed by atoms with van der Waals surface area (Å²) in [6.45, 7) is 2.42. The molecule has 0 atom stereocenters. The number of ether oxygens (including phenoxy) is 5. The Bertz CT molecular complexity index is 1030. The van der Waals surface area contributed by atoms with Crippen LogP contribution in [0, 0.1) is 0 Å². The first kappa shape index (κ1) is 20.3. The zero-order chi connectivity index (χ0) is 21.0. The molecule has 0 radical (unpaired) electrons. The van der Waals surface area contributed by atoms with Crippen molar-refractivity contribution in [1.82, 2.24) is 9.78 Å². The summed E-state index contributed by atoms with van der Waals surface area (Å²) in [5.74, 6) is 1.82. The highest BCUT2D eigenvalue weighted by Crippen LogP contribution is 2.35. The van der Waals surface area contributed by atoms with Crippen LogP contribution in [0.2, 0.25) is 0 Å². The first-order valence-corrected chi connectivity index (χ1v) is 9.06. The van der Waals surface area contributed by atoms with Gasteiger partial charge in [-0.2, -0.15) is 5.10 Å². The highest BCUT2D eigenvalue weighted by molar-refractivity contribution is 6.03. The predicted molar refractivity (Wildman–Crippen MR) is 107 cm³/mol. The fourth-order valence-corrected chi connectivity index (χ4v) is 3.12. The van der Waals surface area contributed by atoms with Crippen molar-refractivity contribution in [3.63, 3.8) is 0 Å². The van der Waals surface area contributed by atoms with Crippen molar-refractivity contribution in [2.75, 3.05) is 35.0 Å². The minimum Gasteiger partial charge on any atom is -0.493 e. The summed E-state index contributed by atoms with van der Waals surface area (Å²) in [6, 6.07) is 9.15. The van der Waals surface area contributed by atoms with Crippen LogP contribution in [0.1, 0.15) is 23.0 Å². The molecule has 0 aliphatic rings. The van der Waals surface area contributed by atoms with Gasteiger partial charge in [0.05, 0.1) is 47.1 Å². The fourth-order valence-electron chi connectivity index (χ4n) is 3.12. The number of hydrogen-bond acceptors (Lipinski definition) is 7. The molecule has 0 aliphatic carbocycles. The number of benzene rings is 2. The van der Waals surface area contributed by atoms with Gasteiger partial charge < -0.3 is 23.7 Å². The molecule has 0 unspecified atom stereocenters. The Kier molecular flexibility index (Phi) is 6.11. The summed E-state index contributed by atoms with van der Waals surface area (Å²) < 4.78 is 28.4. The van der Waals surface area contributed by atoms with E-state index < -0.39 is 5.97 Å². The number of aromatic nitrogens is 2. The number of carbonyl (C=O) groups is 1. The van der Waals surface area contributed by atoms with Gasteiger partial charge in [-0.3, -0.25) is 4.68 Å². The van der Waals surface area contributed by atoms with Crippen molar-refractivity contribution in [2.45, 2.75) is 13.5 Å². The van der Waals surface area contributed by atoms with Crippen LogP contribution in [-0.2, 0) is 11.3 Å². The smallest absolute Gasteiger partial charge is 0.359 e. The number of methoxy groups -OCH3 is 4. The molecule has 3 aromatic rings. The van der Waals surface area contributed by atoms with Crippen molar-refractivity contribution in [3.8, 4) is 23.0 Å². The van der Waals surface area contributed by atoms with Crippen molar-refractivity contribution in [2.24, 2.45) is 0 Å². The molecule has 8 heteroatoms. The average Bonchev–Trinajstić information content (AvgIpc) is 3.10. The number of fused-ring (bicyclic) bond motifs is 1. The first-order valence-electron chi connectivity index (χ1n) is 9.06. The number of esters is 1. The van der Waals surface area contributed by atoms with Crippen LogP contribution < -0.4 is 18.9 Å². The molecule has 0 N–H and O–H groups in total. The summed E-state index contributed by atoms with van der Waals surface area (Å²) in [5.41, 5.74) is 1.88. The van der Waals surface area contributed by atoms with Crippen LogP contribution in [0.5, 0.6) is 23.0 Å². The summed E-state index contributed by atoms with van der Waals surface area (Å²) >= 11 is 0. The fraction of sp³-hybridized carbons (Fsp3) is 0.333. The molecule has 29 heavy (non-hydrogen) atoms. The molecule has 2 aromatic carbocycles. The summed E-state index contributed by atoms with van der Waals surface area (Å²) in [5, 5.41) is 5.14. The highest BCUT2D eigenvalue weighted by Gasteiger charge is 2.21. The summed E-state index contributed by atoms with van der Waals surface area (Å²) in [4.78, 5) is 12.5. The number of carbonyl (C=O) groups excluding carboxylic acids is 1. The van der Waals surface area contributed by atoms with E-state index in [4.69, 9.17) is 23.7 Å². The summed E-state index contributed by atoms with van der Waals surface area (Å²) in [6.07, 6.45) is 0. The van der Waals surface area contributed by atoms with Gasteiger partial charge >= 0.3 is 5.97 Å². The Hall–Kier alpha value is -3.42. The molecular weight excluding hydrogens is 376 g/mol. The van der Waals surface area contributed by atoms with Gasteiger partial charge in [-0.25, -0.2) is 4.79 Å². The Morgan fingerprint density at radius 1 is 0.897 bits per heavy atom. The van der Waals surface area contributed by atoms with Gasteiger partial charge in [0, 0.05) is 11.5 Å². The van der Waals surface area contributed by atoms with Gasteiger partial charge in [-0.15, -0.1) is 0 Å². The van der Waals surface area contributed by atoms with Crippen LogP contribution in [-0.4, -0.2) is 50.8 Å². The predicted octanol–water partition coefficient (Wildman–Crippen LogP) is 3.30. The van der Waals surface area contributed by atoms with Crippen molar-refractivity contribution in [3.05, 3.63) is 41.6 Å². The van der Waals surface area contributed by atoms with Gasteiger partial charge in [-0.05, 0) is 30.7 Å². The molecule has 0 fully saturated rings. The molecule has 0 aliphatic heterocycles. The van der Waals surface area contributed by atoms with Gasteiger partial charge in [0.25, 0.3) is 0 Å². The van der Waals surface area contributed by atoms with E-state index in [1.54, 1.807) is 52.2 Å². The van der Waals surface area contributed by atoms with E-state index in [0.29, 0.717) is 34.9 Å². The van der Waals surface area contributed by atoms with Gasteiger partial charge in [0.2, 0.25) is 0 Å². The van der Waals surface area contributed by atoms with Crippen LogP contribution in [0.15, 0.2) is 30.3 Å². The second-order valence-corrected chi connectivity index (χ2v) is 6.14. The van der Waals surface area contributed by atoms with E-state index in [9.17, 15) is 4.79 Å². The van der Waals surface area contributed by atoms with E-state index in [0.717, 1.165) is 11.1 Å². The largest absolute Gasteiger partial charge is 0.493 e. The summed E-state index contributed by atoms with van der Waals surface area (Å²) in [7, 11) is 6.28. The van der Waals surface area contributed by atoms with E-state index >= 15 is 0 Å². The zero-order valence-corrected chi connectivity index (χ0v) is 17.1. The third kappa shape index (κ3) is 3.91. The van der Waals surface area contributed by atoms with E-state index in [-0.39, 0.29) is 12.3 Å². The Morgan fingerprint density at radius 3 is 2.14 bits per heavy atom. The van der Waals surface area contributed by atoms with Crippen molar-refractivity contribution < 1.29 is 28.5 Å². The molecular formula is C21H24N2O6. The zero-order valence-electron chi connectivity index (χ0n) is 17.1. The van der Waals surface area contributed by atoms with Crippen LogP contribution in [0.4, 0.5) is 0 Å². The molecule has 8 nitrogen and oxygen atoms in total. The van der Waals surface area contributed by atoms with E-state index in [1.807, 2.05) is 18.2 Å². The SMILES string of the molecule is CCOC(=O)c1nn(Cc2ccc(OC)c(OC)c2)c2cc(OC)c(OC)cc12. The number of hydrogen-bond donors (Lipinski definition) is 0. The Labute approximate surface area is 168 Å². The minimum absolute atomic E-state index is 0.225. The standard InChI is InChI=1S/C21H24N2O6/c1-6-29-21(24)20-14-10-18(27-4)19(28-5)11-15(14)23(22-20)12-13-7-8-16(25-2)17(9-13)26-3/h7-11H,6,12H2,1-5H3. The van der Waals surface area contributed by atoms with Gasteiger partial charge in [-0.1, -0.05) is 6.07 Å². The van der Waals surface area contributed by atoms with E-state index in [2.05, 4.69) is 5.10 Å². The van der Waals surface area contributed by atoms with Crippen molar-refractivity contribution in [1.29, 1.82) is 0 Å². The van der Waals surface area contributed by atoms with Crippen LogP contribution in [0.25, 0.3) is 10.9 Å². The molecule has 154 valence electrons. The highest BCUT2D eigenvalue weighted by atomic mass is 16.5. The molecule has 0 saturated heterocycles. The lowest BCUT2D eigenvalue weighted by Gasteiger charge is -2.11. The lowest BCUT2D eigenvalue weighted by Crippen LogP contribution is -2.08. The third-order valence-corrected chi connectivity index (χ3v) is 4.50. The molecule has 0 amide bonds. The maximum atomic E-state index is 12.5. The van der Waals surface area contributed by atoms with Crippen LogP contribution >= 0.6 is 0 Å². The lowest BCUT2D eigenvalue weighted by molar-refractivity contribution is 0.0520. The molecule has 0 saturated carbocycles. The molecule has 3 rings (SSSR count).